The third kappa shape index (κ3) is 1.72. The van der Waals surface area contributed by atoms with E-state index in [-0.39, 0.29) is 0 Å². The predicted octanol–water partition coefficient (Wildman–Crippen LogP) is 2.32. The summed E-state index contributed by atoms with van der Waals surface area (Å²) in [5.74, 6) is 2.46. The van der Waals surface area contributed by atoms with Crippen LogP contribution in [0.1, 0.15) is 27.2 Å². The maximum atomic E-state index is 5.41. The molecule has 1 unspecified atom stereocenters. The van der Waals surface area contributed by atoms with Crippen molar-refractivity contribution < 1.29 is 4.74 Å². The molecule has 0 aromatic heterocycles. The van der Waals surface area contributed by atoms with Crippen molar-refractivity contribution in [3.8, 4) is 0 Å². The highest BCUT2D eigenvalue weighted by atomic mass is 16.5. The van der Waals surface area contributed by atoms with Gasteiger partial charge in [0.05, 0.1) is 0 Å². The summed E-state index contributed by atoms with van der Waals surface area (Å²) in [7, 11) is 0. The average molecular weight is 142 g/mol. The van der Waals surface area contributed by atoms with E-state index in [4.69, 9.17) is 4.74 Å². The molecule has 0 aromatic carbocycles. The summed E-state index contributed by atoms with van der Waals surface area (Å²) in [5, 5.41) is 0. The largest absolute Gasteiger partial charge is 0.381 e. The SMILES string of the molecule is CC(C)[C@H]1COCCC1C. The molecule has 1 heterocycles. The van der Waals surface area contributed by atoms with Crippen molar-refractivity contribution in [2.24, 2.45) is 17.8 Å². The van der Waals surface area contributed by atoms with Crippen LogP contribution in [0.15, 0.2) is 0 Å². The van der Waals surface area contributed by atoms with Crippen molar-refractivity contribution in [2.45, 2.75) is 27.2 Å². The Kier molecular flexibility index (Phi) is 2.72. The molecular weight excluding hydrogens is 124 g/mol. The number of rotatable bonds is 1. The van der Waals surface area contributed by atoms with Crippen LogP contribution in [0.5, 0.6) is 0 Å². The van der Waals surface area contributed by atoms with E-state index in [0.717, 1.165) is 31.0 Å². The van der Waals surface area contributed by atoms with Crippen LogP contribution in [0.4, 0.5) is 0 Å². The molecule has 1 nitrogen and oxygen atoms in total. The molecule has 0 radical (unpaired) electrons. The third-order valence-corrected chi connectivity index (χ3v) is 2.62. The Morgan fingerprint density at radius 2 is 2.10 bits per heavy atom. The highest BCUT2D eigenvalue weighted by Crippen LogP contribution is 2.27. The molecule has 0 N–H and O–H groups in total. The Labute approximate surface area is 63.8 Å². The van der Waals surface area contributed by atoms with Crippen LogP contribution in [0, 0.1) is 17.8 Å². The first-order chi connectivity index (χ1) is 4.72. The van der Waals surface area contributed by atoms with Crippen LogP contribution in [0.2, 0.25) is 0 Å². The minimum atomic E-state index is 0.787. The van der Waals surface area contributed by atoms with Crippen molar-refractivity contribution in [2.75, 3.05) is 13.2 Å². The van der Waals surface area contributed by atoms with Gasteiger partial charge in [0.1, 0.15) is 0 Å². The zero-order chi connectivity index (χ0) is 7.56. The highest BCUT2D eigenvalue weighted by molar-refractivity contribution is 4.72. The summed E-state index contributed by atoms with van der Waals surface area (Å²) < 4.78 is 5.41. The van der Waals surface area contributed by atoms with Gasteiger partial charge in [0, 0.05) is 13.2 Å². The van der Waals surface area contributed by atoms with Gasteiger partial charge in [0.25, 0.3) is 0 Å². The quantitative estimate of drug-likeness (QED) is 0.546. The Bertz CT molecular complexity index is 98.9. The first-order valence-electron chi connectivity index (χ1n) is 4.29. The average Bonchev–Trinajstić information content (AvgIpc) is 1.88. The van der Waals surface area contributed by atoms with Crippen LogP contribution in [0.25, 0.3) is 0 Å². The summed E-state index contributed by atoms with van der Waals surface area (Å²) in [5.41, 5.74) is 0. The zero-order valence-electron chi connectivity index (χ0n) is 7.26. The molecule has 0 amide bonds. The summed E-state index contributed by atoms with van der Waals surface area (Å²) in [6, 6.07) is 0. The molecule has 1 heteroatoms. The number of ether oxygens (including phenoxy) is 1. The van der Waals surface area contributed by atoms with Crippen molar-refractivity contribution in [1.82, 2.24) is 0 Å². The van der Waals surface area contributed by atoms with Gasteiger partial charge < -0.3 is 4.74 Å². The molecule has 1 rings (SSSR count). The Morgan fingerprint density at radius 1 is 1.40 bits per heavy atom. The molecule has 0 saturated carbocycles. The van der Waals surface area contributed by atoms with Gasteiger partial charge in [-0.1, -0.05) is 20.8 Å². The Morgan fingerprint density at radius 3 is 2.50 bits per heavy atom. The van der Waals surface area contributed by atoms with Gasteiger partial charge in [-0.3, -0.25) is 0 Å². The fourth-order valence-electron chi connectivity index (χ4n) is 1.72. The predicted molar refractivity (Wildman–Crippen MR) is 42.9 cm³/mol. The van der Waals surface area contributed by atoms with Crippen LogP contribution in [0.3, 0.4) is 0 Å². The fourth-order valence-corrected chi connectivity index (χ4v) is 1.72. The smallest absolute Gasteiger partial charge is 0.0499 e. The zero-order valence-corrected chi connectivity index (χ0v) is 7.26. The Balaban J connectivity index is 2.40. The molecule has 1 aliphatic rings. The van der Waals surface area contributed by atoms with Gasteiger partial charge in [-0.2, -0.15) is 0 Å². The first-order valence-corrected chi connectivity index (χ1v) is 4.29. The second-order valence-electron chi connectivity index (χ2n) is 3.75. The van der Waals surface area contributed by atoms with Gasteiger partial charge in [0.2, 0.25) is 0 Å². The van der Waals surface area contributed by atoms with Gasteiger partial charge in [0.15, 0.2) is 0 Å². The van der Waals surface area contributed by atoms with Gasteiger partial charge in [-0.25, -0.2) is 0 Å². The molecule has 2 atom stereocenters. The Hall–Kier alpha value is -0.0400. The minimum Gasteiger partial charge on any atom is -0.381 e. The molecule has 0 aliphatic carbocycles. The highest BCUT2D eigenvalue weighted by Gasteiger charge is 2.24. The van der Waals surface area contributed by atoms with E-state index >= 15 is 0 Å². The summed E-state index contributed by atoms with van der Waals surface area (Å²) in [6.45, 7) is 8.88. The lowest BCUT2D eigenvalue weighted by Crippen LogP contribution is -2.29. The topological polar surface area (TPSA) is 9.23 Å². The molecule has 0 bridgehead atoms. The van der Waals surface area contributed by atoms with Crippen LogP contribution >= 0.6 is 0 Å². The van der Waals surface area contributed by atoms with E-state index in [1.54, 1.807) is 0 Å². The van der Waals surface area contributed by atoms with E-state index in [0.29, 0.717) is 0 Å². The normalized spacial score (nSPS) is 34.8. The van der Waals surface area contributed by atoms with Crippen molar-refractivity contribution >= 4 is 0 Å². The lowest BCUT2D eigenvalue weighted by molar-refractivity contribution is 0.00386. The molecule has 1 fully saturated rings. The summed E-state index contributed by atoms with van der Waals surface area (Å²) in [6.07, 6.45) is 1.25. The molecule has 1 saturated heterocycles. The van der Waals surface area contributed by atoms with Crippen LogP contribution in [-0.2, 0) is 4.74 Å². The standard InChI is InChI=1S/C9H18O/c1-7(2)9-6-10-5-4-8(9)3/h7-9H,4-6H2,1-3H3/t8?,9-/m1/s1. The molecular formula is C9H18O. The van der Waals surface area contributed by atoms with Crippen LogP contribution in [-0.4, -0.2) is 13.2 Å². The van der Waals surface area contributed by atoms with Crippen molar-refractivity contribution in [3.05, 3.63) is 0 Å². The number of hydrogen-bond donors (Lipinski definition) is 0. The lowest BCUT2D eigenvalue weighted by Gasteiger charge is -2.31. The maximum absolute atomic E-state index is 5.41. The fraction of sp³-hybridized carbons (Fsp3) is 1.00. The molecule has 60 valence electrons. The summed E-state index contributed by atoms with van der Waals surface area (Å²) >= 11 is 0. The monoisotopic (exact) mass is 142 g/mol. The van der Waals surface area contributed by atoms with E-state index in [1.165, 1.54) is 6.42 Å². The maximum Gasteiger partial charge on any atom is 0.0499 e. The van der Waals surface area contributed by atoms with Gasteiger partial charge in [-0.15, -0.1) is 0 Å². The van der Waals surface area contributed by atoms with E-state index in [2.05, 4.69) is 20.8 Å². The van der Waals surface area contributed by atoms with E-state index < -0.39 is 0 Å². The van der Waals surface area contributed by atoms with Gasteiger partial charge in [-0.05, 0) is 24.2 Å². The van der Waals surface area contributed by atoms with Crippen molar-refractivity contribution in [3.63, 3.8) is 0 Å². The van der Waals surface area contributed by atoms with E-state index in [1.807, 2.05) is 0 Å². The minimum absolute atomic E-state index is 0.787. The van der Waals surface area contributed by atoms with Crippen molar-refractivity contribution in [1.29, 1.82) is 0 Å². The van der Waals surface area contributed by atoms with E-state index in [9.17, 15) is 0 Å². The molecule has 10 heavy (non-hydrogen) atoms. The molecule has 0 spiro atoms. The summed E-state index contributed by atoms with van der Waals surface area (Å²) in [4.78, 5) is 0. The number of hydrogen-bond acceptors (Lipinski definition) is 1. The first kappa shape index (κ1) is 8.06. The lowest BCUT2D eigenvalue weighted by atomic mass is 9.82. The molecule has 0 aromatic rings. The molecule has 1 aliphatic heterocycles. The van der Waals surface area contributed by atoms with Crippen LogP contribution < -0.4 is 0 Å². The third-order valence-electron chi connectivity index (χ3n) is 2.62. The second-order valence-corrected chi connectivity index (χ2v) is 3.75. The second kappa shape index (κ2) is 3.38. The van der Waals surface area contributed by atoms with Gasteiger partial charge >= 0.3 is 0 Å².